The van der Waals surface area contributed by atoms with Crippen molar-refractivity contribution in [2.45, 2.75) is 33.3 Å². The van der Waals surface area contributed by atoms with Crippen LogP contribution in [0.5, 0.6) is 0 Å². The van der Waals surface area contributed by atoms with Gasteiger partial charge in [-0.2, -0.15) is 0 Å². The zero-order chi connectivity index (χ0) is 20.0. The summed E-state index contributed by atoms with van der Waals surface area (Å²) in [5, 5.41) is 8.01. The van der Waals surface area contributed by atoms with Crippen molar-refractivity contribution in [1.82, 2.24) is 0 Å². The number of amides is 3. The molecule has 0 atom stereocenters. The van der Waals surface area contributed by atoms with Crippen molar-refractivity contribution >= 4 is 35.0 Å². The predicted molar refractivity (Wildman–Crippen MR) is 105 cm³/mol. The van der Waals surface area contributed by atoms with E-state index in [4.69, 9.17) is 4.74 Å². The highest BCUT2D eigenvalue weighted by molar-refractivity contribution is 6.05. The molecule has 0 saturated carbocycles. The van der Waals surface area contributed by atoms with Crippen LogP contribution < -0.4 is 16.0 Å². The Morgan fingerprint density at radius 2 is 1.37 bits per heavy atom. The molecule has 0 unspecified atom stereocenters. The SMILES string of the molecule is CC(=O)Nc1cccc(NC(=O)c2cccc(NC(=O)OC(C)(C)C)c2)c1. The van der Waals surface area contributed by atoms with E-state index in [9.17, 15) is 14.4 Å². The highest BCUT2D eigenvalue weighted by Gasteiger charge is 2.16. The minimum atomic E-state index is -0.613. The second kappa shape index (κ2) is 8.35. The van der Waals surface area contributed by atoms with E-state index in [1.807, 2.05) is 0 Å². The van der Waals surface area contributed by atoms with Crippen LogP contribution in [-0.4, -0.2) is 23.5 Å². The van der Waals surface area contributed by atoms with Crippen LogP contribution >= 0.6 is 0 Å². The van der Waals surface area contributed by atoms with Crippen LogP contribution in [0.4, 0.5) is 21.9 Å². The molecule has 2 rings (SSSR count). The summed E-state index contributed by atoms with van der Waals surface area (Å²) in [5.74, 6) is -0.540. The highest BCUT2D eigenvalue weighted by atomic mass is 16.6. The van der Waals surface area contributed by atoms with Crippen molar-refractivity contribution in [1.29, 1.82) is 0 Å². The maximum atomic E-state index is 12.5. The number of benzene rings is 2. The molecule has 0 fully saturated rings. The third-order valence-electron chi connectivity index (χ3n) is 3.21. The molecule has 142 valence electrons. The Balaban J connectivity index is 2.07. The number of rotatable bonds is 4. The van der Waals surface area contributed by atoms with Crippen LogP contribution in [0.3, 0.4) is 0 Å². The van der Waals surface area contributed by atoms with Gasteiger partial charge >= 0.3 is 6.09 Å². The Morgan fingerprint density at radius 1 is 0.815 bits per heavy atom. The van der Waals surface area contributed by atoms with Gasteiger partial charge in [0.2, 0.25) is 5.91 Å². The van der Waals surface area contributed by atoms with E-state index in [0.717, 1.165) is 0 Å². The quantitative estimate of drug-likeness (QED) is 0.751. The molecule has 7 nitrogen and oxygen atoms in total. The van der Waals surface area contributed by atoms with Crippen molar-refractivity contribution in [3.8, 4) is 0 Å². The first-order valence-corrected chi connectivity index (χ1v) is 8.41. The molecule has 3 amide bonds. The van der Waals surface area contributed by atoms with Gasteiger partial charge in [0.25, 0.3) is 5.91 Å². The van der Waals surface area contributed by atoms with Gasteiger partial charge in [-0.15, -0.1) is 0 Å². The number of hydrogen-bond acceptors (Lipinski definition) is 4. The number of anilines is 3. The molecule has 0 bridgehead atoms. The molecule has 0 saturated heterocycles. The normalized spacial score (nSPS) is 10.7. The van der Waals surface area contributed by atoms with Gasteiger partial charge in [-0.1, -0.05) is 12.1 Å². The Morgan fingerprint density at radius 3 is 1.96 bits per heavy atom. The van der Waals surface area contributed by atoms with Gasteiger partial charge < -0.3 is 15.4 Å². The van der Waals surface area contributed by atoms with Gasteiger partial charge in [0.1, 0.15) is 5.60 Å². The van der Waals surface area contributed by atoms with Crippen LogP contribution in [-0.2, 0) is 9.53 Å². The summed E-state index contributed by atoms with van der Waals surface area (Å²) in [7, 11) is 0. The lowest BCUT2D eigenvalue weighted by Gasteiger charge is -2.19. The number of carbonyl (C=O) groups excluding carboxylic acids is 3. The van der Waals surface area contributed by atoms with E-state index in [0.29, 0.717) is 22.6 Å². The summed E-state index contributed by atoms with van der Waals surface area (Å²) in [6, 6.07) is 13.3. The Kier molecular flexibility index (Phi) is 6.18. The molecule has 0 aromatic heterocycles. The van der Waals surface area contributed by atoms with Crippen molar-refractivity contribution in [3.05, 3.63) is 54.1 Å². The molecule has 0 spiro atoms. The molecule has 0 radical (unpaired) electrons. The van der Waals surface area contributed by atoms with E-state index >= 15 is 0 Å². The Labute approximate surface area is 158 Å². The maximum Gasteiger partial charge on any atom is 0.412 e. The summed E-state index contributed by atoms with van der Waals surface area (Å²) in [5.41, 5.74) is 1.33. The number of hydrogen-bond donors (Lipinski definition) is 3. The van der Waals surface area contributed by atoms with Gasteiger partial charge in [0.05, 0.1) is 0 Å². The van der Waals surface area contributed by atoms with Gasteiger partial charge in [0, 0.05) is 29.5 Å². The molecular weight excluding hydrogens is 346 g/mol. The largest absolute Gasteiger partial charge is 0.444 e. The second-order valence-electron chi connectivity index (χ2n) is 6.92. The van der Waals surface area contributed by atoms with E-state index < -0.39 is 11.7 Å². The standard InChI is InChI=1S/C20H23N3O4/c1-13(24)21-16-9-6-10-17(12-16)22-18(25)14-7-5-8-15(11-14)23-19(26)27-20(2,3)4/h5-12H,1-4H3,(H,21,24)(H,22,25)(H,23,26). The van der Waals surface area contributed by atoms with Crippen molar-refractivity contribution < 1.29 is 19.1 Å². The van der Waals surface area contributed by atoms with Crippen molar-refractivity contribution in [2.24, 2.45) is 0 Å². The van der Waals surface area contributed by atoms with E-state index in [-0.39, 0.29) is 11.8 Å². The number of nitrogens with one attached hydrogen (secondary N) is 3. The lowest BCUT2D eigenvalue weighted by Crippen LogP contribution is -2.27. The highest BCUT2D eigenvalue weighted by Crippen LogP contribution is 2.18. The molecule has 7 heteroatoms. The van der Waals surface area contributed by atoms with Gasteiger partial charge in [-0.05, 0) is 57.2 Å². The minimum Gasteiger partial charge on any atom is -0.444 e. The Hall–Kier alpha value is -3.35. The zero-order valence-corrected chi connectivity index (χ0v) is 15.8. The van der Waals surface area contributed by atoms with Crippen molar-refractivity contribution in [2.75, 3.05) is 16.0 Å². The Bertz CT molecular complexity index is 856. The first kappa shape index (κ1) is 20.0. The molecule has 0 aliphatic carbocycles. The van der Waals surface area contributed by atoms with Crippen LogP contribution in [0.2, 0.25) is 0 Å². The van der Waals surface area contributed by atoms with Crippen LogP contribution in [0.1, 0.15) is 38.1 Å². The number of carbonyl (C=O) groups is 3. The molecule has 2 aromatic rings. The summed E-state index contributed by atoms with van der Waals surface area (Å²) in [6.45, 7) is 6.72. The molecule has 0 heterocycles. The fourth-order valence-corrected chi connectivity index (χ4v) is 2.24. The molecule has 0 aliphatic rings. The third-order valence-corrected chi connectivity index (χ3v) is 3.21. The van der Waals surface area contributed by atoms with Crippen LogP contribution in [0.15, 0.2) is 48.5 Å². The topological polar surface area (TPSA) is 96.5 Å². The second-order valence-corrected chi connectivity index (χ2v) is 6.92. The van der Waals surface area contributed by atoms with Gasteiger partial charge in [-0.25, -0.2) is 4.79 Å². The summed E-state index contributed by atoms with van der Waals surface area (Å²) >= 11 is 0. The first-order valence-electron chi connectivity index (χ1n) is 8.41. The molecule has 3 N–H and O–H groups in total. The van der Waals surface area contributed by atoms with Gasteiger partial charge in [0.15, 0.2) is 0 Å². The summed E-state index contributed by atoms with van der Waals surface area (Å²) in [6.07, 6.45) is -0.594. The lowest BCUT2D eigenvalue weighted by atomic mass is 10.1. The first-order chi connectivity index (χ1) is 12.6. The maximum absolute atomic E-state index is 12.5. The van der Waals surface area contributed by atoms with E-state index in [2.05, 4.69) is 16.0 Å². The predicted octanol–water partition coefficient (Wildman–Crippen LogP) is 4.24. The average Bonchev–Trinajstić information content (AvgIpc) is 2.53. The fourth-order valence-electron chi connectivity index (χ4n) is 2.24. The molecular formula is C20H23N3O4. The molecule has 2 aromatic carbocycles. The van der Waals surface area contributed by atoms with Crippen molar-refractivity contribution in [3.63, 3.8) is 0 Å². The summed E-state index contributed by atoms with van der Waals surface area (Å²) in [4.78, 5) is 35.5. The third kappa shape index (κ3) is 6.81. The average molecular weight is 369 g/mol. The smallest absolute Gasteiger partial charge is 0.412 e. The van der Waals surface area contributed by atoms with Crippen LogP contribution in [0.25, 0.3) is 0 Å². The lowest BCUT2D eigenvalue weighted by molar-refractivity contribution is -0.114. The fraction of sp³-hybridized carbons (Fsp3) is 0.250. The van der Waals surface area contributed by atoms with Crippen LogP contribution in [0, 0.1) is 0 Å². The molecule has 27 heavy (non-hydrogen) atoms. The zero-order valence-electron chi connectivity index (χ0n) is 15.8. The molecule has 0 aliphatic heterocycles. The van der Waals surface area contributed by atoms with E-state index in [1.54, 1.807) is 69.3 Å². The minimum absolute atomic E-state index is 0.195. The number of ether oxygens (including phenoxy) is 1. The van der Waals surface area contributed by atoms with Gasteiger partial charge in [-0.3, -0.25) is 14.9 Å². The summed E-state index contributed by atoms with van der Waals surface area (Å²) < 4.78 is 5.20. The monoisotopic (exact) mass is 369 g/mol. The van der Waals surface area contributed by atoms with E-state index in [1.165, 1.54) is 6.92 Å².